The summed E-state index contributed by atoms with van der Waals surface area (Å²) in [5.41, 5.74) is 4.90. The van der Waals surface area contributed by atoms with E-state index in [0.29, 0.717) is 23.3 Å². The molecule has 1 N–H and O–H groups in total. The first kappa shape index (κ1) is 19.2. The molecule has 0 spiro atoms. The van der Waals surface area contributed by atoms with E-state index >= 15 is 4.39 Å². The van der Waals surface area contributed by atoms with Gasteiger partial charge < -0.3 is 9.88 Å². The molecule has 2 aliphatic rings. The number of rotatable bonds is 4. The molecule has 0 amide bonds. The van der Waals surface area contributed by atoms with E-state index in [-0.39, 0.29) is 22.8 Å². The highest BCUT2D eigenvalue weighted by Gasteiger charge is 2.28. The van der Waals surface area contributed by atoms with E-state index in [0.717, 1.165) is 50.4 Å². The van der Waals surface area contributed by atoms with E-state index < -0.39 is 0 Å². The zero-order chi connectivity index (χ0) is 20.8. The summed E-state index contributed by atoms with van der Waals surface area (Å²) in [6, 6.07) is 7.81. The first-order valence-electron chi connectivity index (χ1n) is 10.6. The van der Waals surface area contributed by atoms with Gasteiger partial charge in [0.25, 0.3) is 5.56 Å². The summed E-state index contributed by atoms with van der Waals surface area (Å²) >= 11 is 0. The molecule has 30 heavy (non-hydrogen) atoms. The lowest BCUT2D eigenvalue weighted by atomic mass is 10.1. The van der Waals surface area contributed by atoms with Crippen LogP contribution in [-0.2, 0) is 6.54 Å². The minimum absolute atomic E-state index is 0.224. The number of anilines is 1. The van der Waals surface area contributed by atoms with E-state index in [9.17, 15) is 4.79 Å². The zero-order valence-electron chi connectivity index (χ0n) is 17.4. The second-order valence-electron chi connectivity index (χ2n) is 8.48. The third-order valence-electron chi connectivity index (χ3n) is 6.18. The van der Waals surface area contributed by atoms with Crippen LogP contribution in [0.25, 0.3) is 11.0 Å². The first-order chi connectivity index (χ1) is 14.5. The average Bonchev–Trinajstić information content (AvgIpc) is 3.56. The lowest BCUT2D eigenvalue weighted by molar-refractivity contribution is 0.246. The van der Waals surface area contributed by atoms with Gasteiger partial charge in [0.2, 0.25) is 0 Å². The Hall–Kier alpha value is -2.80. The number of hydrogen-bond acceptors (Lipinski definition) is 5. The molecule has 156 valence electrons. The molecule has 1 aromatic carbocycles. The lowest BCUT2D eigenvalue weighted by Crippen LogP contribution is -2.46. The van der Waals surface area contributed by atoms with Gasteiger partial charge in [0.1, 0.15) is 11.2 Å². The van der Waals surface area contributed by atoms with Gasteiger partial charge in [0.05, 0.1) is 16.9 Å². The van der Waals surface area contributed by atoms with E-state index in [4.69, 9.17) is 0 Å². The minimum atomic E-state index is -0.361. The SMILES string of the molecule is Cc1ccc(N2CCN(Cc3ccc4nc(C5CC5)c(=O)[nH]c4c3F)CC2)c(C)n1. The summed E-state index contributed by atoms with van der Waals surface area (Å²) in [5, 5.41) is 0. The molecule has 1 saturated carbocycles. The van der Waals surface area contributed by atoms with Gasteiger partial charge in [-0.25, -0.2) is 9.37 Å². The van der Waals surface area contributed by atoms with Crippen LogP contribution in [0, 0.1) is 19.7 Å². The number of hydrogen-bond donors (Lipinski definition) is 1. The summed E-state index contributed by atoms with van der Waals surface area (Å²) in [5.74, 6) is -0.120. The van der Waals surface area contributed by atoms with Gasteiger partial charge in [-0.2, -0.15) is 0 Å². The molecule has 5 rings (SSSR count). The van der Waals surface area contributed by atoms with Crippen molar-refractivity contribution in [2.75, 3.05) is 31.1 Å². The van der Waals surface area contributed by atoms with Crippen molar-refractivity contribution < 1.29 is 4.39 Å². The van der Waals surface area contributed by atoms with Gasteiger partial charge >= 0.3 is 0 Å². The van der Waals surface area contributed by atoms with Gasteiger partial charge in [0.15, 0.2) is 5.82 Å². The fourth-order valence-corrected chi connectivity index (χ4v) is 4.34. The number of piperazine rings is 1. The quantitative estimate of drug-likeness (QED) is 0.719. The largest absolute Gasteiger partial charge is 0.368 e. The van der Waals surface area contributed by atoms with Crippen molar-refractivity contribution in [1.82, 2.24) is 19.9 Å². The Morgan fingerprint density at radius 1 is 1.07 bits per heavy atom. The normalized spacial score (nSPS) is 17.6. The van der Waals surface area contributed by atoms with Crippen LogP contribution in [0.5, 0.6) is 0 Å². The fraction of sp³-hybridized carbons (Fsp3) is 0.435. The van der Waals surface area contributed by atoms with E-state index in [1.807, 2.05) is 26.0 Å². The van der Waals surface area contributed by atoms with Crippen LogP contribution in [0.2, 0.25) is 0 Å². The smallest absolute Gasteiger partial charge is 0.270 e. The molecule has 1 aliphatic heterocycles. The Kier molecular flexibility index (Phi) is 4.77. The standard InChI is InChI=1S/C23H26FN5O/c1-14-3-8-19(15(2)25-14)29-11-9-28(10-12-29)13-17-6-7-18-22(20(17)24)27-23(30)21(26-18)16-4-5-16/h3,6-8,16H,4-5,9-13H2,1-2H3,(H,27,30). The number of pyridine rings is 1. The third kappa shape index (κ3) is 3.58. The number of aromatic amines is 1. The van der Waals surface area contributed by atoms with Crippen molar-refractivity contribution in [2.24, 2.45) is 0 Å². The summed E-state index contributed by atoms with van der Waals surface area (Å²) in [7, 11) is 0. The van der Waals surface area contributed by atoms with Gasteiger partial charge in [0, 0.05) is 49.9 Å². The number of H-pyrrole nitrogens is 1. The number of fused-ring (bicyclic) bond motifs is 1. The Bertz CT molecular complexity index is 1160. The molecule has 0 unspecified atom stereocenters. The fourth-order valence-electron chi connectivity index (χ4n) is 4.34. The molecular formula is C23H26FN5O. The molecule has 6 nitrogen and oxygen atoms in total. The molecule has 0 bridgehead atoms. The number of nitrogens with zero attached hydrogens (tertiary/aromatic N) is 4. The molecule has 0 atom stereocenters. The average molecular weight is 407 g/mol. The number of nitrogens with one attached hydrogen (secondary N) is 1. The van der Waals surface area contributed by atoms with Crippen molar-refractivity contribution in [3.05, 3.63) is 63.1 Å². The zero-order valence-corrected chi connectivity index (χ0v) is 17.4. The molecular weight excluding hydrogens is 381 g/mol. The highest BCUT2D eigenvalue weighted by molar-refractivity contribution is 5.75. The summed E-state index contributed by atoms with van der Waals surface area (Å²) in [6.07, 6.45) is 1.98. The number of benzene rings is 1. The van der Waals surface area contributed by atoms with Crippen LogP contribution >= 0.6 is 0 Å². The topological polar surface area (TPSA) is 65.1 Å². The van der Waals surface area contributed by atoms with Crippen LogP contribution < -0.4 is 10.5 Å². The number of halogens is 1. The molecule has 1 saturated heterocycles. The molecule has 2 fully saturated rings. The highest BCUT2D eigenvalue weighted by atomic mass is 19.1. The third-order valence-corrected chi connectivity index (χ3v) is 6.18. The van der Waals surface area contributed by atoms with Crippen LogP contribution in [0.15, 0.2) is 29.1 Å². The lowest BCUT2D eigenvalue weighted by Gasteiger charge is -2.36. The van der Waals surface area contributed by atoms with Crippen molar-refractivity contribution in [3.63, 3.8) is 0 Å². The maximum Gasteiger partial charge on any atom is 0.270 e. The second kappa shape index (κ2) is 7.47. The van der Waals surface area contributed by atoms with Gasteiger partial charge in [-0.3, -0.25) is 14.7 Å². The van der Waals surface area contributed by atoms with Crippen LogP contribution in [0.3, 0.4) is 0 Å². The van der Waals surface area contributed by atoms with Crippen molar-refractivity contribution >= 4 is 16.7 Å². The van der Waals surface area contributed by atoms with Crippen LogP contribution in [-0.4, -0.2) is 46.0 Å². The van der Waals surface area contributed by atoms with E-state index in [2.05, 4.69) is 30.8 Å². The molecule has 3 aromatic rings. The minimum Gasteiger partial charge on any atom is -0.368 e. The predicted octanol–water partition coefficient (Wildman–Crippen LogP) is 3.27. The highest BCUT2D eigenvalue weighted by Crippen LogP contribution is 2.37. The monoisotopic (exact) mass is 407 g/mol. The molecule has 7 heteroatoms. The summed E-state index contributed by atoms with van der Waals surface area (Å²) in [4.78, 5) is 28.6. The van der Waals surface area contributed by atoms with E-state index in [1.165, 1.54) is 5.69 Å². The maximum absolute atomic E-state index is 15.1. The summed E-state index contributed by atoms with van der Waals surface area (Å²) < 4.78 is 15.1. The predicted molar refractivity (Wildman–Crippen MR) is 115 cm³/mol. The van der Waals surface area contributed by atoms with Crippen LogP contribution in [0.1, 0.15) is 41.4 Å². The van der Waals surface area contributed by atoms with Gasteiger partial charge in [-0.15, -0.1) is 0 Å². The number of aromatic nitrogens is 3. The Balaban J connectivity index is 1.31. The molecule has 2 aromatic heterocycles. The van der Waals surface area contributed by atoms with Crippen LogP contribution in [0.4, 0.5) is 10.1 Å². The van der Waals surface area contributed by atoms with Crippen molar-refractivity contribution in [3.8, 4) is 0 Å². The van der Waals surface area contributed by atoms with Gasteiger partial charge in [-0.1, -0.05) is 6.07 Å². The first-order valence-corrected chi connectivity index (χ1v) is 10.6. The Morgan fingerprint density at radius 2 is 1.83 bits per heavy atom. The second-order valence-corrected chi connectivity index (χ2v) is 8.48. The van der Waals surface area contributed by atoms with Gasteiger partial charge in [-0.05, 0) is 44.9 Å². The Morgan fingerprint density at radius 3 is 2.53 bits per heavy atom. The Labute approximate surface area is 174 Å². The molecule has 1 aliphatic carbocycles. The molecule has 3 heterocycles. The maximum atomic E-state index is 15.1. The van der Waals surface area contributed by atoms with Crippen molar-refractivity contribution in [2.45, 2.75) is 39.2 Å². The number of aryl methyl sites for hydroxylation is 2. The summed E-state index contributed by atoms with van der Waals surface area (Å²) in [6.45, 7) is 8.02. The van der Waals surface area contributed by atoms with E-state index in [1.54, 1.807) is 6.07 Å². The molecule has 0 radical (unpaired) electrons. The van der Waals surface area contributed by atoms with Crippen molar-refractivity contribution in [1.29, 1.82) is 0 Å².